The third kappa shape index (κ3) is 4.29. The van der Waals surface area contributed by atoms with Gasteiger partial charge in [0.25, 0.3) is 5.91 Å². The minimum absolute atomic E-state index is 0.0610. The Bertz CT molecular complexity index is 778. The minimum atomic E-state index is 0.0610. The SMILES string of the molecule is COc1ccc2c(c1)-c1sc(C(=O)N[C@H](C)CCCC(C)C)cc1CC2. The molecule has 0 fully saturated rings. The van der Waals surface area contributed by atoms with Crippen LogP contribution >= 0.6 is 11.3 Å². The van der Waals surface area contributed by atoms with Crippen LogP contribution in [0.5, 0.6) is 5.75 Å². The normalized spacial score (nSPS) is 13.9. The molecule has 0 saturated heterocycles. The molecule has 2 aromatic rings. The summed E-state index contributed by atoms with van der Waals surface area (Å²) in [4.78, 5) is 14.7. The van der Waals surface area contributed by atoms with Crippen molar-refractivity contribution in [3.8, 4) is 16.2 Å². The van der Waals surface area contributed by atoms with Crippen molar-refractivity contribution in [3.05, 3.63) is 40.3 Å². The maximum Gasteiger partial charge on any atom is 0.261 e. The van der Waals surface area contributed by atoms with Gasteiger partial charge in [0.05, 0.1) is 12.0 Å². The Balaban J connectivity index is 1.71. The van der Waals surface area contributed by atoms with Gasteiger partial charge < -0.3 is 10.1 Å². The highest BCUT2D eigenvalue weighted by atomic mass is 32.1. The molecule has 1 aromatic heterocycles. The van der Waals surface area contributed by atoms with Crippen molar-refractivity contribution in [2.45, 2.75) is 58.9 Å². The Morgan fingerprint density at radius 3 is 2.65 bits per heavy atom. The molecule has 1 aliphatic rings. The van der Waals surface area contributed by atoms with Crippen LogP contribution in [0.4, 0.5) is 0 Å². The van der Waals surface area contributed by atoms with E-state index in [4.69, 9.17) is 4.74 Å². The van der Waals surface area contributed by atoms with Crippen molar-refractivity contribution < 1.29 is 9.53 Å². The number of amides is 1. The summed E-state index contributed by atoms with van der Waals surface area (Å²) in [5.74, 6) is 1.65. The number of carbonyl (C=O) groups excluding carboxylic acids is 1. The van der Waals surface area contributed by atoms with E-state index in [0.717, 1.165) is 42.2 Å². The summed E-state index contributed by atoms with van der Waals surface area (Å²) >= 11 is 1.61. The first kappa shape index (κ1) is 19.0. The van der Waals surface area contributed by atoms with Crippen LogP contribution in [0, 0.1) is 5.92 Å². The molecule has 0 radical (unpaired) electrons. The van der Waals surface area contributed by atoms with Crippen molar-refractivity contribution >= 4 is 17.2 Å². The fraction of sp³-hybridized carbons (Fsp3) is 0.500. The smallest absolute Gasteiger partial charge is 0.261 e. The average molecular weight is 372 g/mol. The van der Waals surface area contributed by atoms with E-state index < -0.39 is 0 Å². The van der Waals surface area contributed by atoms with Gasteiger partial charge in [0.1, 0.15) is 5.75 Å². The molecule has 0 aliphatic heterocycles. The van der Waals surface area contributed by atoms with Gasteiger partial charge in [-0.25, -0.2) is 0 Å². The van der Waals surface area contributed by atoms with Gasteiger partial charge in [0, 0.05) is 10.9 Å². The van der Waals surface area contributed by atoms with Gasteiger partial charge in [-0.3, -0.25) is 4.79 Å². The molecule has 1 N–H and O–H groups in total. The van der Waals surface area contributed by atoms with E-state index in [9.17, 15) is 4.79 Å². The summed E-state index contributed by atoms with van der Waals surface area (Å²) in [7, 11) is 1.69. The van der Waals surface area contributed by atoms with E-state index in [1.807, 2.05) is 6.07 Å². The molecule has 3 rings (SSSR count). The van der Waals surface area contributed by atoms with Gasteiger partial charge in [-0.2, -0.15) is 0 Å². The first-order valence-electron chi connectivity index (χ1n) is 9.58. The molecule has 26 heavy (non-hydrogen) atoms. The van der Waals surface area contributed by atoms with Gasteiger partial charge in [0.2, 0.25) is 0 Å². The molecular formula is C22H29NO2S. The first-order chi connectivity index (χ1) is 12.5. The maximum atomic E-state index is 12.7. The quantitative estimate of drug-likeness (QED) is 0.701. The lowest BCUT2D eigenvalue weighted by Crippen LogP contribution is -2.32. The molecule has 1 aliphatic carbocycles. The summed E-state index contributed by atoms with van der Waals surface area (Å²) in [6, 6.07) is 8.56. The standard InChI is InChI=1S/C22H29NO2S/c1-14(2)6-5-7-15(3)23-22(24)20-12-17-9-8-16-10-11-18(25-4)13-19(16)21(17)26-20/h10-15H,5-9H2,1-4H3,(H,23,24)/t15-/m1/s1. The van der Waals surface area contributed by atoms with Gasteiger partial charge in [-0.05, 0) is 67.0 Å². The van der Waals surface area contributed by atoms with E-state index in [2.05, 4.69) is 44.3 Å². The molecule has 0 bridgehead atoms. The van der Waals surface area contributed by atoms with Crippen molar-refractivity contribution in [2.75, 3.05) is 7.11 Å². The van der Waals surface area contributed by atoms with Gasteiger partial charge >= 0.3 is 0 Å². The van der Waals surface area contributed by atoms with Crippen LogP contribution in [0.1, 0.15) is 60.8 Å². The number of hydrogen-bond acceptors (Lipinski definition) is 3. The Morgan fingerprint density at radius 2 is 1.92 bits per heavy atom. The van der Waals surface area contributed by atoms with Crippen LogP contribution in [0.15, 0.2) is 24.3 Å². The van der Waals surface area contributed by atoms with E-state index in [1.165, 1.54) is 28.0 Å². The monoisotopic (exact) mass is 371 g/mol. The molecule has 140 valence electrons. The van der Waals surface area contributed by atoms with Crippen molar-refractivity contribution in [3.63, 3.8) is 0 Å². The molecule has 0 spiro atoms. The molecule has 0 unspecified atom stereocenters. The van der Waals surface area contributed by atoms with Crippen molar-refractivity contribution in [1.82, 2.24) is 5.32 Å². The van der Waals surface area contributed by atoms with Crippen LogP contribution in [0.2, 0.25) is 0 Å². The number of hydrogen-bond donors (Lipinski definition) is 1. The molecule has 1 atom stereocenters. The molecule has 4 heteroatoms. The van der Waals surface area contributed by atoms with Crippen molar-refractivity contribution in [1.29, 1.82) is 0 Å². The lowest BCUT2D eigenvalue weighted by atomic mass is 9.91. The second-order valence-electron chi connectivity index (χ2n) is 7.69. The zero-order valence-electron chi connectivity index (χ0n) is 16.2. The third-order valence-corrected chi connectivity index (χ3v) is 6.26. The predicted octanol–water partition coefficient (Wildman–Crippen LogP) is 5.47. The number of fused-ring (bicyclic) bond motifs is 3. The summed E-state index contributed by atoms with van der Waals surface area (Å²) in [5.41, 5.74) is 3.85. The summed E-state index contributed by atoms with van der Waals surface area (Å²) in [5, 5.41) is 3.17. The van der Waals surface area contributed by atoms with E-state index in [0.29, 0.717) is 0 Å². The summed E-state index contributed by atoms with van der Waals surface area (Å²) < 4.78 is 5.38. The van der Waals surface area contributed by atoms with Crippen molar-refractivity contribution in [2.24, 2.45) is 5.92 Å². The van der Waals surface area contributed by atoms with E-state index >= 15 is 0 Å². The van der Waals surface area contributed by atoms with Crippen LogP contribution in [0.3, 0.4) is 0 Å². The van der Waals surface area contributed by atoms with Gasteiger partial charge in [-0.1, -0.05) is 32.8 Å². The van der Waals surface area contributed by atoms with Crippen LogP contribution in [0.25, 0.3) is 10.4 Å². The molecular weight excluding hydrogens is 342 g/mol. The Labute approximate surface area is 160 Å². The third-order valence-electron chi connectivity index (χ3n) is 5.05. The second-order valence-corrected chi connectivity index (χ2v) is 8.74. The molecule has 1 amide bonds. The fourth-order valence-corrected chi connectivity index (χ4v) is 4.70. The van der Waals surface area contributed by atoms with Crippen LogP contribution in [-0.4, -0.2) is 19.1 Å². The predicted molar refractivity (Wildman–Crippen MR) is 109 cm³/mol. The highest BCUT2D eigenvalue weighted by Gasteiger charge is 2.22. The Morgan fingerprint density at radius 1 is 1.15 bits per heavy atom. The van der Waals surface area contributed by atoms with Gasteiger partial charge in [0.15, 0.2) is 0 Å². The number of methoxy groups -OCH3 is 1. The highest BCUT2D eigenvalue weighted by molar-refractivity contribution is 7.17. The number of carbonyl (C=O) groups is 1. The lowest BCUT2D eigenvalue weighted by Gasteiger charge is -2.16. The average Bonchev–Trinajstić information content (AvgIpc) is 3.05. The number of ether oxygens (including phenoxy) is 1. The molecule has 1 heterocycles. The first-order valence-corrected chi connectivity index (χ1v) is 10.4. The zero-order valence-corrected chi connectivity index (χ0v) is 17.0. The lowest BCUT2D eigenvalue weighted by molar-refractivity contribution is 0.0942. The Kier molecular flexibility index (Phi) is 6.02. The minimum Gasteiger partial charge on any atom is -0.497 e. The summed E-state index contributed by atoms with van der Waals surface area (Å²) in [6.07, 6.45) is 5.44. The highest BCUT2D eigenvalue weighted by Crippen LogP contribution is 2.41. The Hall–Kier alpha value is -1.81. The number of thiophene rings is 1. The number of aryl methyl sites for hydroxylation is 2. The topological polar surface area (TPSA) is 38.3 Å². The fourth-order valence-electron chi connectivity index (χ4n) is 3.53. The van der Waals surface area contributed by atoms with Crippen LogP contribution < -0.4 is 10.1 Å². The largest absolute Gasteiger partial charge is 0.497 e. The number of nitrogens with one attached hydrogen (secondary N) is 1. The molecule has 1 aromatic carbocycles. The number of rotatable bonds is 7. The second kappa shape index (κ2) is 8.26. The molecule has 0 saturated carbocycles. The number of benzene rings is 1. The molecule has 3 nitrogen and oxygen atoms in total. The van der Waals surface area contributed by atoms with Gasteiger partial charge in [-0.15, -0.1) is 11.3 Å². The van der Waals surface area contributed by atoms with E-state index in [-0.39, 0.29) is 11.9 Å². The summed E-state index contributed by atoms with van der Waals surface area (Å²) in [6.45, 7) is 6.59. The van der Waals surface area contributed by atoms with E-state index in [1.54, 1.807) is 18.4 Å². The van der Waals surface area contributed by atoms with Crippen LogP contribution in [-0.2, 0) is 12.8 Å². The maximum absolute atomic E-state index is 12.7. The zero-order chi connectivity index (χ0) is 18.7.